The van der Waals surface area contributed by atoms with Crippen LogP contribution in [0.2, 0.25) is 0 Å². The maximum absolute atomic E-state index is 13.1. The minimum atomic E-state index is -2.55. The van der Waals surface area contributed by atoms with Gasteiger partial charge in [-0.3, -0.25) is 0 Å². The lowest BCUT2D eigenvalue weighted by Gasteiger charge is -2.30. The second-order valence-corrected chi connectivity index (χ2v) is 4.31. The van der Waals surface area contributed by atoms with Gasteiger partial charge in [0.15, 0.2) is 0 Å². The topological polar surface area (TPSA) is 66.8 Å². The summed E-state index contributed by atoms with van der Waals surface area (Å²) in [6.45, 7) is 0. The molecule has 0 fully saturated rings. The highest BCUT2D eigenvalue weighted by molar-refractivity contribution is 5.54. The van der Waals surface area contributed by atoms with Crippen molar-refractivity contribution in [1.82, 2.24) is 9.78 Å². The zero-order valence-electron chi connectivity index (χ0n) is 9.75. The van der Waals surface area contributed by atoms with Crippen molar-refractivity contribution < 1.29 is 13.2 Å². The fraction of sp³-hybridized carbons (Fsp3) is 0.333. The van der Waals surface area contributed by atoms with Crippen LogP contribution in [-0.2, 0) is 0 Å². The van der Waals surface area contributed by atoms with Gasteiger partial charge in [-0.1, -0.05) is 0 Å². The summed E-state index contributed by atoms with van der Waals surface area (Å²) in [7, 11) is 0. The molecule has 2 aromatic heterocycles. The number of rotatable bonds is 2. The summed E-state index contributed by atoms with van der Waals surface area (Å²) in [5.41, 5.74) is 0.252. The van der Waals surface area contributed by atoms with E-state index in [2.05, 4.69) is 10.4 Å². The van der Waals surface area contributed by atoms with Crippen LogP contribution in [0.3, 0.4) is 0 Å². The third kappa shape index (κ3) is 1.85. The van der Waals surface area contributed by atoms with Crippen molar-refractivity contribution >= 4 is 5.82 Å². The smallest absolute Gasteiger partial charge is 0.260 e. The Morgan fingerprint density at radius 3 is 3.05 bits per heavy atom. The molecule has 0 aliphatic carbocycles. The van der Waals surface area contributed by atoms with Gasteiger partial charge in [-0.15, -0.1) is 0 Å². The van der Waals surface area contributed by atoms with E-state index in [4.69, 9.17) is 9.68 Å². The largest absolute Gasteiger partial charge is 0.467 e. The Labute approximate surface area is 107 Å². The number of nitrogens with one attached hydrogen (secondary N) is 1. The number of alkyl halides is 2. The molecule has 0 spiro atoms. The second kappa shape index (κ2) is 4.39. The van der Waals surface area contributed by atoms with Gasteiger partial charge in [-0.2, -0.15) is 10.4 Å². The SMILES string of the molecule is N#Cc1cnn2c1NC(c1ccco1)CC2C(F)F. The molecule has 2 unspecified atom stereocenters. The summed E-state index contributed by atoms with van der Waals surface area (Å²) in [5, 5.41) is 15.9. The lowest BCUT2D eigenvalue weighted by molar-refractivity contribution is 0.0645. The lowest BCUT2D eigenvalue weighted by atomic mass is 10.0. The number of furan rings is 1. The predicted octanol–water partition coefficient (Wildman–Crippen LogP) is 2.71. The molecule has 1 aliphatic heterocycles. The van der Waals surface area contributed by atoms with Gasteiger partial charge >= 0.3 is 0 Å². The monoisotopic (exact) mass is 264 g/mol. The molecule has 0 saturated heterocycles. The first kappa shape index (κ1) is 11.7. The van der Waals surface area contributed by atoms with E-state index in [1.807, 2.05) is 6.07 Å². The average molecular weight is 264 g/mol. The normalized spacial score (nSPS) is 21.8. The van der Waals surface area contributed by atoms with E-state index in [9.17, 15) is 8.78 Å². The minimum Gasteiger partial charge on any atom is -0.467 e. The van der Waals surface area contributed by atoms with E-state index < -0.39 is 12.5 Å². The summed E-state index contributed by atoms with van der Waals surface area (Å²) in [6, 6.07) is 3.91. The summed E-state index contributed by atoms with van der Waals surface area (Å²) in [5.74, 6) is 0.891. The number of nitrogens with zero attached hydrogens (tertiary/aromatic N) is 3. The van der Waals surface area contributed by atoms with Crippen molar-refractivity contribution in [2.75, 3.05) is 5.32 Å². The molecular formula is C12H10F2N4O. The average Bonchev–Trinajstić information content (AvgIpc) is 3.06. The molecule has 19 heavy (non-hydrogen) atoms. The van der Waals surface area contributed by atoms with Crippen LogP contribution in [0.25, 0.3) is 0 Å². The fourth-order valence-corrected chi connectivity index (χ4v) is 2.29. The Hall–Kier alpha value is -2.36. The number of aromatic nitrogens is 2. The lowest BCUT2D eigenvalue weighted by Crippen LogP contribution is -2.30. The maximum Gasteiger partial charge on any atom is 0.260 e. The van der Waals surface area contributed by atoms with E-state index >= 15 is 0 Å². The van der Waals surface area contributed by atoms with Gasteiger partial charge in [-0.05, 0) is 12.1 Å². The quantitative estimate of drug-likeness (QED) is 0.905. The van der Waals surface area contributed by atoms with Crippen molar-refractivity contribution in [3.05, 3.63) is 35.9 Å². The molecule has 0 saturated carbocycles. The molecule has 2 atom stereocenters. The van der Waals surface area contributed by atoms with E-state index in [1.54, 1.807) is 12.1 Å². The summed E-state index contributed by atoms with van der Waals surface area (Å²) in [6.07, 6.45) is 0.392. The van der Waals surface area contributed by atoms with Crippen LogP contribution < -0.4 is 5.32 Å². The molecular weight excluding hydrogens is 254 g/mol. The Morgan fingerprint density at radius 2 is 2.42 bits per heavy atom. The van der Waals surface area contributed by atoms with E-state index in [0.29, 0.717) is 11.6 Å². The van der Waals surface area contributed by atoms with Crippen LogP contribution in [-0.4, -0.2) is 16.2 Å². The van der Waals surface area contributed by atoms with Gasteiger partial charge in [0.2, 0.25) is 0 Å². The molecule has 3 rings (SSSR count). The Kier molecular flexibility index (Phi) is 2.71. The first-order valence-electron chi connectivity index (χ1n) is 5.76. The van der Waals surface area contributed by atoms with Crippen LogP contribution in [0, 0.1) is 11.3 Å². The van der Waals surface area contributed by atoms with Crippen LogP contribution in [0.1, 0.15) is 29.8 Å². The second-order valence-electron chi connectivity index (χ2n) is 4.31. The van der Waals surface area contributed by atoms with E-state index in [0.717, 1.165) is 0 Å². The summed E-state index contributed by atoms with van der Waals surface area (Å²) >= 11 is 0. The Bertz CT molecular complexity index is 614. The molecule has 0 amide bonds. The van der Waals surface area contributed by atoms with Crippen molar-refractivity contribution in [2.45, 2.75) is 24.9 Å². The highest BCUT2D eigenvalue weighted by atomic mass is 19.3. The van der Waals surface area contributed by atoms with Crippen molar-refractivity contribution in [3.8, 4) is 6.07 Å². The molecule has 1 aliphatic rings. The standard InChI is InChI=1S/C12H10F2N4O/c13-11(14)9-4-8(10-2-1-3-19-10)17-12-7(5-15)6-16-18(9)12/h1-3,6,8-9,11,17H,4H2. The van der Waals surface area contributed by atoms with Gasteiger partial charge in [-0.25, -0.2) is 13.5 Å². The number of fused-ring (bicyclic) bond motifs is 1. The summed E-state index contributed by atoms with van der Waals surface area (Å²) < 4.78 is 32.7. The van der Waals surface area contributed by atoms with E-state index in [-0.39, 0.29) is 18.0 Å². The van der Waals surface area contributed by atoms with Crippen LogP contribution >= 0.6 is 0 Å². The first-order chi connectivity index (χ1) is 9.20. The molecule has 98 valence electrons. The van der Waals surface area contributed by atoms with Crippen molar-refractivity contribution in [3.63, 3.8) is 0 Å². The van der Waals surface area contributed by atoms with Gasteiger partial charge in [0, 0.05) is 6.42 Å². The van der Waals surface area contributed by atoms with Crippen LogP contribution in [0.4, 0.5) is 14.6 Å². The Morgan fingerprint density at radius 1 is 1.58 bits per heavy atom. The molecule has 5 nitrogen and oxygen atoms in total. The molecule has 0 radical (unpaired) electrons. The third-order valence-corrected chi connectivity index (χ3v) is 3.20. The molecule has 7 heteroatoms. The van der Waals surface area contributed by atoms with Crippen LogP contribution in [0.5, 0.6) is 0 Å². The van der Waals surface area contributed by atoms with Crippen molar-refractivity contribution in [2.24, 2.45) is 0 Å². The van der Waals surface area contributed by atoms with Gasteiger partial charge in [0.05, 0.1) is 18.5 Å². The minimum absolute atomic E-state index is 0.157. The number of nitriles is 1. The summed E-state index contributed by atoms with van der Waals surface area (Å²) in [4.78, 5) is 0. The molecule has 0 aromatic carbocycles. The molecule has 1 N–H and O–H groups in total. The number of anilines is 1. The zero-order chi connectivity index (χ0) is 13.4. The van der Waals surface area contributed by atoms with E-state index in [1.165, 1.54) is 17.1 Å². The van der Waals surface area contributed by atoms with Crippen molar-refractivity contribution in [1.29, 1.82) is 5.26 Å². The third-order valence-electron chi connectivity index (χ3n) is 3.20. The number of halogens is 2. The number of hydrogen-bond donors (Lipinski definition) is 1. The molecule has 0 bridgehead atoms. The number of hydrogen-bond acceptors (Lipinski definition) is 4. The molecule has 3 heterocycles. The predicted molar refractivity (Wildman–Crippen MR) is 61.7 cm³/mol. The van der Waals surface area contributed by atoms with Gasteiger partial charge in [0.25, 0.3) is 6.43 Å². The highest BCUT2D eigenvalue weighted by Gasteiger charge is 2.36. The fourth-order valence-electron chi connectivity index (χ4n) is 2.29. The Balaban J connectivity index is 2.02. The zero-order valence-corrected chi connectivity index (χ0v) is 9.75. The van der Waals surface area contributed by atoms with Gasteiger partial charge in [0.1, 0.15) is 29.3 Å². The molecule has 2 aromatic rings. The van der Waals surface area contributed by atoms with Gasteiger partial charge < -0.3 is 9.73 Å². The maximum atomic E-state index is 13.1. The highest BCUT2D eigenvalue weighted by Crippen LogP contribution is 2.39. The first-order valence-corrected chi connectivity index (χ1v) is 5.76. The van der Waals surface area contributed by atoms with Crippen LogP contribution in [0.15, 0.2) is 29.0 Å².